The lowest BCUT2D eigenvalue weighted by molar-refractivity contribution is -0.114. The lowest BCUT2D eigenvalue weighted by Gasteiger charge is -2.23. The Bertz CT molecular complexity index is 988. The van der Waals surface area contributed by atoms with Crippen LogP contribution in [0.25, 0.3) is 11.4 Å². The molecule has 1 aliphatic heterocycles. The highest BCUT2D eigenvalue weighted by Gasteiger charge is 2.19. The summed E-state index contributed by atoms with van der Waals surface area (Å²) in [5.74, 6) is 1.89. The number of hydrogen-bond acceptors (Lipinski definition) is 6. The quantitative estimate of drug-likeness (QED) is 0.691. The Morgan fingerprint density at radius 3 is 2.79 bits per heavy atom. The summed E-state index contributed by atoms with van der Waals surface area (Å²) in [7, 11) is 0. The number of hydrogen-bond donors (Lipinski definition) is 2. The van der Waals surface area contributed by atoms with Crippen LogP contribution in [0, 0.1) is 0 Å². The molecule has 2 N–H and O–H groups in total. The first kappa shape index (κ1) is 19.0. The standard InChI is InChI=1S/C22H23N5O2/c1-15(28)25-18-5-2-6-19(12-18)29-21-13-20(17-4-3-9-24-14-17)26-22(27-21)16-7-10-23-11-8-16/h2,5-8,10-13,17,24H,3-4,9,14H2,1H3,(H,25,28). The number of nitrogens with zero attached hydrogens (tertiary/aromatic N) is 3. The van der Waals surface area contributed by atoms with E-state index < -0.39 is 0 Å². The van der Waals surface area contributed by atoms with Gasteiger partial charge in [-0.1, -0.05) is 6.07 Å². The van der Waals surface area contributed by atoms with Crippen molar-refractivity contribution in [2.75, 3.05) is 18.4 Å². The fourth-order valence-corrected chi connectivity index (χ4v) is 3.40. The molecule has 0 spiro atoms. The highest BCUT2D eigenvalue weighted by Crippen LogP contribution is 2.29. The van der Waals surface area contributed by atoms with Gasteiger partial charge in [-0.3, -0.25) is 9.78 Å². The molecule has 29 heavy (non-hydrogen) atoms. The Labute approximate surface area is 169 Å². The Kier molecular flexibility index (Phi) is 5.76. The first-order valence-electron chi connectivity index (χ1n) is 9.73. The van der Waals surface area contributed by atoms with Crippen LogP contribution in [-0.4, -0.2) is 33.9 Å². The second-order valence-electron chi connectivity index (χ2n) is 7.04. The van der Waals surface area contributed by atoms with Gasteiger partial charge >= 0.3 is 0 Å². The van der Waals surface area contributed by atoms with E-state index in [4.69, 9.17) is 9.72 Å². The van der Waals surface area contributed by atoms with Gasteiger partial charge in [-0.05, 0) is 43.7 Å². The molecule has 1 unspecified atom stereocenters. The van der Waals surface area contributed by atoms with Crippen molar-refractivity contribution in [2.24, 2.45) is 0 Å². The first-order valence-corrected chi connectivity index (χ1v) is 9.73. The SMILES string of the molecule is CC(=O)Nc1cccc(Oc2cc(C3CCCNC3)nc(-c3ccncc3)n2)c1. The number of amides is 1. The van der Waals surface area contributed by atoms with E-state index in [-0.39, 0.29) is 5.91 Å². The third-order valence-corrected chi connectivity index (χ3v) is 4.75. The van der Waals surface area contributed by atoms with Crippen molar-refractivity contribution in [2.45, 2.75) is 25.7 Å². The number of piperidine rings is 1. The topological polar surface area (TPSA) is 89.0 Å². The minimum absolute atomic E-state index is 0.128. The lowest BCUT2D eigenvalue weighted by atomic mass is 9.96. The fraction of sp³-hybridized carbons (Fsp3) is 0.273. The molecule has 1 aliphatic rings. The molecule has 2 aromatic heterocycles. The van der Waals surface area contributed by atoms with Gasteiger partial charge in [0.15, 0.2) is 5.82 Å². The normalized spacial score (nSPS) is 16.2. The summed E-state index contributed by atoms with van der Waals surface area (Å²) in [6, 6.07) is 12.9. The molecule has 148 valence electrons. The summed E-state index contributed by atoms with van der Waals surface area (Å²) in [6.07, 6.45) is 5.65. The van der Waals surface area contributed by atoms with Gasteiger partial charge in [-0.2, -0.15) is 4.98 Å². The number of aromatic nitrogens is 3. The van der Waals surface area contributed by atoms with Crippen molar-refractivity contribution >= 4 is 11.6 Å². The van der Waals surface area contributed by atoms with E-state index in [1.165, 1.54) is 6.92 Å². The number of nitrogens with one attached hydrogen (secondary N) is 2. The van der Waals surface area contributed by atoms with Gasteiger partial charge in [-0.25, -0.2) is 4.98 Å². The molecule has 1 amide bonds. The van der Waals surface area contributed by atoms with E-state index in [2.05, 4.69) is 20.6 Å². The van der Waals surface area contributed by atoms with Crippen molar-refractivity contribution in [1.82, 2.24) is 20.3 Å². The molecule has 1 saturated heterocycles. The minimum atomic E-state index is -0.128. The molecule has 0 radical (unpaired) electrons. The Balaban J connectivity index is 1.67. The van der Waals surface area contributed by atoms with Crippen LogP contribution in [0.2, 0.25) is 0 Å². The van der Waals surface area contributed by atoms with E-state index in [1.807, 2.05) is 36.4 Å². The summed E-state index contributed by atoms with van der Waals surface area (Å²) < 4.78 is 6.06. The van der Waals surface area contributed by atoms with Crippen LogP contribution in [0.3, 0.4) is 0 Å². The first-order chi connectivity index (χ1) is 14.2. The zero-order chi connectivity index (χ0) is 20.1. The van der Waals surface area contributed by atoms with Gasteiger partial charge in [0.1, 0.15) is 5.75 Å². The van der Waals surface area contributed by atoms with Crippen LogP contribution in [0.1, 0.15) is 31.4 Å². The van der Waals surface area contributed by atoms with E-state index in [0.717, 1.165) is 37.2 Å². The van der Waals surface area contributed by atoms with Crippen LogP contribution in [-0.2, 0) is 4.79 Å². The number of ether oxygens (including phenoxy) is 1. The smallest absolute Gasteiger partial charge is 0.223 e. The molecule has 1 aromatic carbocycles. The summed E-state index contributed by atoms with van der Waals surface area (Å²) in [5.41, 5.74) is 2.53. The Morgan fingerprint density at radius 1 is 1.17 bits per heavy atom. The van der Waals surface area contributed by atoms with Crippen molar-refractivity contribution in [3.63, 3.8) is 0 Å². The second kappa shape index (κ2) is 8.79. The van der Waals surface area contributed by atoms with Crippen LogP contribution in [0.15, 0.2) is 54.9 Å². The zero-order valence-electron chi connectivity index (χ0n) is 16.3. The molecular weight excluding hydrogens is 366 g/mol. The average Bonchev–Trinajstić information content (AvgIpc) is 2.74. The largest absolute Gasteiger partial charge is 0.439 e. The Morgan fingerprint density at radius 2 is 2.03 bits per heavy atom. The number of pyridine rings is 1. The van der Waals surface area contributed by atoms with Crippen LogP contribution >= 0.6 is 0 Å². The third kappa shape index (κ3) is 4.94. The summed E-state index contributed by atoms with van der Waals surface area (Å²) >= 11 is 0. The molecule has 0 saturated carbocycles. The molecular formula is C22H23N5O2. The highest BCUT2D eigenvalue weighted by atomic mass is 16.5. The van der Waals surface area contributed by atoms with E-state index in [1.54, 1.807) is 18.5 Å². The highest BCUT2D eigenvalue weighted by molar-refractivity contribution is 5.88. The van der Waals surface area contributed by atoms with E-state index >= 15 is 0 Å². The third-order valence-electron chi connectivity index (χ3n) is 4.75. The maximum Gasteiger partial charge on any atom is 0.223 e. The van der Waals surface area contributed by atoms with Crippen LogP contribution in [0.4, 0.5) is 5.69 Å². The van der Waals surface area contributed by atoms with Crippen molar-refractivity contribution < 1.29 is 9.53 Å². The number of anilines is 1. The van der Waals surface area contributed by atoms with Gasteiger partial charge < -0.3 is 15.4 Å². The molecule has 0 bridgehead atoms. The van der Waals surface area contributed by atoms with Gasteiger partial charge in [0.05, 0.1) is 5.69 Å². The van der Waals surface area contributed by atoms with Crippen molar-refractivity contribution in [1.29, 1.82) is 0 Å². The maximum atomic E-state index is 11.3. The predicted octanol–water partition coefficient (Wildman–Crippen LogP) is 3.76. The van der Waals surface area contributed by atoms with Gasteiger partial charge in [0, 0.05) is 55.2 Å². The number of benzene rings is 1. The molecule has 4 rings (SSSR count). The zero-order valence-corrected chi connectivity index (χ0v) is 16.3. The maximum absolute atomic E-state index is 11.3. The average molecular weight is 389 g/mol. The molecule has 1 atom stereocenters. The van der Waals surface area contributed by atoms with Crippen LogP contribution < -0.4 is 15.4 Å². The summed E-state index contributed by atoms with van der Waals surface area (Å²) in [5, 5.41) is 6.20. The number of rotatable bonds is 5. The van der Waals surface area contributed by atoms with Gasteiger partial charge in [0.2, 0.25) is 11.8 Å². The van der Waals surface area contributed by atoms with E-state index in [0.29, 0.717) is 29.1 Å². The summed E-state index contributed by atoms with van der Waals surface area (Å²) in [6.45, 7) is 3.41. The molecule has 7 nitrogen and oxygen atoms in total. The van der Waals surface area contributed by atoms with Gasteiger partial charge in [0.25, 0.3) is 0 Å². The minimum Gasteiger partial charge on any atom is -0.439 e. The van der Waals surface area contributed by atoms with Crippen molar-refractivity contribution in [3.8, 4) is 23.0 Å². The molecule has 7 heteroatoms. The second-order valence-corrected chi connectivity index (χ2v) is 7.04. The van der Waals surface area contributed by atoms with Crippen LogP contribution in [0.5, 0.6) is 11.6 Å². The molecule has 3 aromatic rings. The monoisotopic (exact) mass is 389 g/mol. The predicted molar refractivity (Wildman–Crippen MR) is 111 cm³/mol. The number of carbonyl (C=O) groups is 1. The Hall–Kier alpha value is -3.32. The van der Waals surface area contributed by atoms with Crippen molar-refractivity contribution in [3.05, 3.63) is 60.6 Å². The number of carbonyl (C=O) groups excluding carboxylic acids is 1. The molecule has 0 aliphatic carbocycles. The fourth-order valence-electron chi connectivity index (χ4n) is 3.40. The lowest BCUT2D eigenvalue weighted by Crippen LogP contribution is -2.29. The molecule has 3 heterocycles. The van der Waals surface area contributed by atoms with Gasteiger partial charge in [-0.15, -0.1) is 0 Å². The molecule has 1 fully saturated rings. The summed E-state index contributed by atoms with van der Waals surface area (Å²) in [4.78, 5) is 24.8. The van der Waals surface area contributed by atoms with E-state index in [9.17, 15) is 4.79 Å².